The molecule has 2 atom stereocenters. The van der Waals surface area contributed by atoms with Crippen molar-refractivity contribution in [1.29, 1.82) is 0 Å². The zero-order valence-corrected chi connectivity index (χ0v) is 12.0. The molecule has 0 saturated heterocycles. The van der Waals surface area contributed by atoms with Crippen LogP contribution in [0.15, 0.2) is 48.7 Å². The summed E-state index contributed by atoms with van der Waals surface area (Å²) >= 11 is 0. The molecule has 2 rings (SSSR count). The lowest BCUT2D eigenvalue weighted by Gasteiger charge is -2.19. The maximum absolute atomic E-state index is 12.8. The van der Waals surface area contributed by atoms with E-state index in [-0.39, 0.29) is 11.9 Å². The Morgan fingerprint density at radius 2 is 1.85 bits per heavy atom. The summed E-state index contributed by atoms with van der Waals surface area (Å²) < 4.78 is 12.8. The predicted molar refractivity (Wildman–Crippen MR) is 80.0 cm³/mol. The summed E-state index contributed by atoms with van der Waals surface area (Å²) in [7, 11) is 0. The molecule has 2 aromatic rings. The highest BCUT2D eigenvalue weighted by atomic mass is 19.1. The van der Waals surface area contributed by atoms with E-state index >= 15 is 0 Å². The van der Waals surface area contributed by atoms with Crippen LogP contribution >= 0.6 is 0 Å². The molecule has 0 radical (unpaired) electrons. The summed E-state index contributed by atoms with van der Waals surface area (Å²) in [6.07, 6.45) is 3.39. The molecule has 0 spiro atoms. The SMILES string of the molecule is CC(CCc1ccccc1)NC(C)c1ccc(F)cn1. The van der Waals surface area contributed by atoms with Crippen molar-refractivity contribution < 1.29 is 4.39 Å². The molecule has 0 amide bonds. The maximum Gasteiger partial charge on any atom is 0.141 e. The second-order valence-corrected chi connectivity index (χ2v) is 5.21. The number of pyridine rings is 1. The summed E-state index contributed by atoms with van der Waals surface area (Å²) in [6, 6.07) is 14.2. The maximum atomic E-state index is 12.8. The number of aromatic nitrogens is 1. The van der Waals surface area contributed by atoms with Gasteiger partial charge in [-0.3, -0.25) is 4.98 Å². The van der Waals surface area contributed by atoms with Gasteiger partial charge in [0.05, 0.1) is 11.9 Å². The second kappa shape index (κ2) is 7.15. The van der Waals surface area contributed by atoms with Crippen LogP contribution in [-0.4, -0.2) is 11.0 Å². The van der Waals surface area contributed by atoms with E-state index < -0.39 is 0 Å². The third kappa shape index (κ3) is 4.42. The average Bonchev–Trinajstić information content (AvgIpc) is 2.47. The van der Waals surface area contributed by atoms with Crippen LogP contribution < -0.4 is 5.32 Å². The van der Waals surface area contributed by atoms with Gasteiger partial charge in [-0.05, 0) is 44.4 Å². The third-order valence-electron chi connectivity index (χ3n) is 3.44. The minimum Gasteiger partial charge on any atom is -0.306 e. The smallest absolute Gasteiger partial charge is 0.141 e. The summed E-state index contributed by atoms with van der Waals surface area (Å²) in [5.74, 6) is -0.293. The second-order valence-electron chi connectivity index (χ2n) is 5.21. The van der Waals surface area contributed by atoms with Gasteiger partial charge in [-0.2, -0.15) is 0 Å². The monoisotopic (exact) mass is 272 g/mol. The number of nitrogens with one attached hydrogen (secondary N) is 1. The highest BCUT2D eigenvalue weighted by molar-refractivity contribution is 5.15. The lowest BCUT2D eigenvalue weighted by atomic mass is 10.1. The van der Waals surface area contributed by atoms with Crippen molar-refractivity contribution in [3.63, 3.8) is 0 Å². The molecule has 1 aromatic heterocycles. The number of hydrogen-bond acceptors (Lipinski definition) is 2. The molecule has 106 valence electrons. The fourth-order valence-electron chi connectivity index (χ4n) is 2.27. The highest BCUT2D eigenvalue weighted by Gasteiger charge is 2.10. The van der Waals surface area contributed by atoms with Crippen molar-refractivity contribution >= 4 is 0 Å². The van der Waals surface area contributed by atoms with Crippen molar-refractivity contribution in [3.05, 3.63) is 65.7 Å². The quantitative estimate of drug-likeness (QED) is 0.863. The van der Waals surface area contributed by atoms with Crippen molar-refractivity contribution in [1.82, 2.24) is 10.3 Å². The number of hydrogen-bond donors (Lipinski definition) is 1. The van der Waals surface area contributed by atoms with E-state index in [0.717, 1.165) is 18.5 Å². The Balaban J connectivity index is 1.82. The molecule has 3 heteroatoms. The van der Waals surface area contributed by atoms with Crippen LogP contribution in [0, 0.1) is 5.82 Å². The van der Waals surface area contributed by atoms with E-state index in [0.29, 0.717) is 6.04 Å². The zero-order valence-electron chi connectivity index (χ0n) is 12.0. The Bertz CT molecular complexity index is 510. The first-order valence-corrected chi connectivity index (χ1v) is 7.06. The number of nitrogens with zero attached hydrogens (tertiary/aromatic N) is 1. The molecule has 2 nitrogen and oxygen atoms in total. The number of rotatable bonds is 6. The van der Waals surface area contributed by atoms with Gasteiger partial charge in [-0.25, -0.2) is 4.39 Å². The van der Waals surface area contributed by atoms with E-state index in [1.807, 2.05) is 6.07 Å². The Morgan fingerprint density at radius 3 is 2.50 bits per heavy atom. The fourth-order valence-corrected chi connectivity index (χ4v) is 2.27. The molecule has 1 N–H and O–H groups in total. The van der Waals surface area contributed by atoms with E-state index in [1.54, 1.807) is 6.07 Å². The number of halogens is 1. The predicted octanol–water partition coefficient (Wildman–Crippen LogP) is 3.89. The fraction of sp³-hybridized carbons (Fsp3) is 0.353. The molecule has 20 heavy (non-hydrogen) atoms. The summed E-state index contributed by atoms with van der Waals surface area (Å²) in [5, 5.41) is 3.50. The first-order chi connectivity index (χ1) is 9.65. The highest BCUT2D eigenvalue weighted by Crippen LogP contribution is 2.12. The Hall–Kier alpha value is -1.74. The zero-order chi connectivity index (χ0) is 14.4. The summed E-state index contributed by atoms with van der Waals surface area (Å²) in [4.78, 5) is 4.11. The Morgan fingerprint density at radius 1 is 1.10 bits per heavy atom. The van der Waals surface area contributed by atoms with Crippen molar-refractivity contribution in [2.75, 3.05) is 0 Å². The van der Waals surface area contributed by atoms with Crippen molar-refractivity contribution in [2.45, 2.75) is 38.8 Å². The Kier molecular flexibility index (Phi) is 5.24. The van der Waals surface area contributed by atoms with Crippen LogP contribution in [0.1, 0.15) is 37.6 Å². The molecule has 0 aliphatic heterocycles. The van der Waals surface area contributed by atoms with Gasteiger partial charge in [0, 0.05) is 12.1 Å². The molecule has 0 bridgehead atoms. The summed E-state index contributed by atoms with van der Waals surface area (Å²) in [5.41, 5.74) is 2.23. The molecule has 2 unspecified atom stereocenters. The van der Waals surface area contributed by atoms with E-state index in [4.69, 9.17) is 0 Å². The summed E-state index contributed by atoms with van der Waals surface area (Å²) in [6.45, 7) is 4.22. The molecule has 1 heterocycles. The van der Waals surface area contributed by atoms with Gasteiger partial charge in [0.25, 0.3) is 0 Å². The lowest BCUT2D eigenvalue weighted by molar-refractivity contribution is 0.449. The first kappa shape index (κ1) is 14.7. The van der Waals surface area contributed by atoms with Crippen LogP contribution in [0.4, 0.5) is 4.39 Å². The molecule has 1 aromatic carbocycles. The normalized spacial score (nSPS) is 13.9. The van der Waals surface area contributed by atoms with Crippen LogP contribution in [0.3, 0.4) is 0 Å². The number of benzene rings is 1. The van der Waals surface area contributed by atoms with E-state index in [1.165, 1.54) is 17.8 Å². The van der Waals surface area contributed by atoms with Crippen LogP contribution in [0.2, 0.25) is 0 Å². The largest absolute Gasteiger partial charge is 0.306 e. The van der Waals surface area contributed by atoms with Gasteiger partial charge in [-0.15, -0.1) is 0 Å². The molecule has 0 aliphatic carbocycles. The third-order valence-corrected chi connectivity index (χ3v) is 3.44. The molecule has 0 saturated carbocycles. The van der Waals surface area contributed by atoms with Crippen LogP contribution in [0.25, 0.3) is 0 Å². The van der Waals surface area contributed by atoms with Gasteiger partial charge in [0.2, 0.25) is 0 Å². The van der Waals surface area contributed by atoms with Crippen LogP contribution in [0.5, 0.6) is 0 Å². The van der Waals surface area contributed by atoms with E-state index in [2.05, 4.69) is 48.4 Å². The molecular formula is C17H21FN2. The standard InChI is InChI=1S/C17H21FN2/c1-13(8-9-15-6-4-3-5-7-15)20-14(2)17-11-10-16(18)12-19-17/h3-7,10-14,20H,8-9H2,1-2H3. The average molecular weight is 272 g/mol. The van der Waals surface area contributed by atoms with E-state index in [9.17, 15) is 4.39 Å². The van der Waals surface area contributed by atoms with Gasteiger partial charge >= 0.3 is 0 Å². The van der Waals surface area contributed by atoms with Gasteiger partial charge < -0.3 is 5.32 Å². The topological polar surface area (TPSA) is 24.9 Å². The minimum absolute atomic E-state index is 0.126. The Labute approximate surface area is 120 Å². The van der Waals surface area contributed by atoms with Crippen LogP contribution in [-0.2, 0) is 6.42 Å². The van der Waals surface area contributed by atoms with Crippen molar-refractivity contribution in [3.8, 4) is 0 Å². The first-order valence-electron chi connectivity index (χ1n) is 7.06. The van der Waals surface area contributed by atoms with Gasteiger partial charge in [-0.1, -0.05) is 30.3 Å². The minimum atomic E-state index is -0.293. The van der Waals surface area contributed by atoms with Gasteiger partial charge in [0.15, 0.2) is 0 Å². The molecule has 0 aliphatic rings. The van der Waals surface area contributed by atoms with Gasteiger partial charge in [0.1, 0.15) is 5.82 Å². The molecular weight excluding hydrogens is 251 g/mol. The molecule has 0 fully saturated rings. The van der Waals surface area contributed by atoms with Crippen molar-refractivity contribution in [2.24, 2.45) is 0 Å². The lowest BCUT2D eigenvalue weighted by Crippen LogP contribution is -2.29. The number of aryl methyl sites for hydroxylation is 1.